The predicted octanol–water partition coefficient (Wildman–Crippen LogP) is 1.77. The van der Waals surface area contributed by atoms with Crippen molar-refractivity contribution >= 4 is 17.5 Å². The second kappa shape index (κ2) is 6.63. The monoisotopic (exact) mass is 288 g/mol. The lowest BCUT2D eigenvalue weighted by molar-refractivity contribution is -0.118. The van der Waals surface area contributed by atoms with Gasteiger partial charge in [-0.05, 0) is 23.6 Å². The van der Waals surface area contributed by atoms with Gasteiger partial charge in [0.1, 0.15) is 0 Å². The third kappa shape index (κ3) is 3.98. The molecule has 1 aliphatic heterocycles. The van der Waals surface area contributed by atoms with Gasteiger partial charge in [-0.2, -0.15) is 0 Å². The van der Waals surface area contributed by atoms with Crippen LogP contribution in [0.25, 0.3) is 0 Å². The molecule has 0 saturated heterocycles. The highest BCUT2D eigenvalue weighted by atomic mass is 16.5. The van der Waals surface area contributed by atoms with Crippen LogP contribution in [0, 0.1) is 11.8 Å². The summed E-state index contributed by atoms with van der Waals surface area (Å²) >= 11 is 0. The number of hydrogen-bond donors (Lipinski definition) is 1. The van der Waals surface area contributed by atoms with Crippen LogP contribution in [0.2, 0.25) is 0 Å². The zero-order valence-corrected chi connectivity index (χ0v) is 12.6. The van der Waals surface area contributed by atoms with E-state index in [1.54, 1.807) is 19.3 Å². The van der Waals surface area contributed by atoms with Gasteiger partial charge in [0.05, 0.1) is 12.3 Å². The van der Waals surface area contributed by atoms with E-state index in [0.717, 1.165) is 11.3 Å². The molecule has 0 aromatic heterocycles. The number of nitrogens with zero attached hydrogens (tertiary/aromatic N) is 1. The first-order valence-corrected chi connectivity index (χ1v) is 7.01. The fourth-order valence-electron chi connectivity index (χ4n) is 2.38. The second-order valence-electron chi connectivity index (χ2n) is 5.61. The van der Waals surface area contributed by atoms with Crippen LogP contribution in [0.3, 0.4) is 0 Å². The number of hydrogen-bond acceptors (Lipinski definition) is 3. The first-order valence-electron chi connectivity index (χ1n) is 7.01. The summed E-state index contributed by atoms with van der Waals surface area (Å²) in [4.78, 5) is 27.5. The first kappa shape index (κ1) is 15.4. The minimum atomic E-state index is -0.173. The summed E-state index contributed by atoms with van der Waals surface area (Å²) in [7, 11) is 1.60. The summed E-state index contributed by atoms with van der Waals surface area (Å²) in [6.45, 7) is 4.36. The lowest BCUT2D eigenvalue weighted by Gasteiger charge is -2.27. The first-order chi connectivity index (χ1) is 9.99. The lowest BCUT2D eigenvalue weighted by atomic mass is 9.88. The van der Waals surface area contributed by atoms with Gasteiger partial charge < -0.3 is 10.1 Å². The van der Waals surface area contributed by atoms with Crippen molar-refractivity contribution in [2.24, 2.45) is 16.8 Å². The van der Waals surface area contributed by atoms with Crippen LogP contribution in [0.4, 0.5) is 0 Å². The number of carbonyl (C=O) groups is 2. The van der Waals surface area contributed by atoms with E-state index in [1.165, 1.54) is 0 Å². The molecule has 112 valence electrons. The summed E-state index contributed by atoms with van der Waals surface area (Å²) < 4.78 is 5.12. The van der Waals surface area contributed by atoms with Crippen LogP contribution < -0.4 is 5.32 Å². The number of fused-ring (bicyclic) bond motifs is 1. The normalized spacial score (nSPS) is 22.8. The third-order valence-electron chi connectivity index (χ3n) is 3.23. The molecule has 0 spiro atoms. The van der Waals surface area contributed by atoms with Crippen LogP contribution >= 0.6 is 0 Å². The van der Waals surface area contributed by atoms with Gasteiger partial charge in [-0.1, -0.05) is 19.9 Å². The van der Waals surface area contributed by atoms with Crippen LogP contribution in [-0.2, 0) is 14.3 Å². The van der Waals surface area contributed by atoms with Crippen LogP contribution in [0.5, 0.6) is 0 Å². The van der Waals surface area contributed by atoms with E-state index < -0.39 is 0 Å². The van der Waals surface area contributed by atoms with Gasteiger partial charge in [-0.15, -0.1) is 0 Å². The molecule has 2 amide bonds. The van der Waals surface area contributed by atoms with Crippen LogP contribution in [-0.4, -0.2) is 31.2 Å². The smallest absolute Gasteiger partial charge is 0.248 e. The molecule has 2 rings (SSSR count). The number of ether oxygens (including phenoxy) is 1. The predicted molar refractivity (Wildman–Crippen MR) is 80.7 cm³/mol. The molecule has 2 aliphatic rings. The number of carbonyl (C=O) groups excluding carboxylic acids is 2. The SMILES string of the molecule is COCC1=CC(=O)NC2=CC(=NC(=O)CC(C)C)C=CC12. The number of aliphatic imine (C=N–C) groups is 1. The Balaban J connectivity index is 2.19. The molecule has 0 fully saturated rings. The molecule has 21 heavy (non-hydrogen) atoms. The summed E-state index contributed by atoms with van der Waals surface area (Å²) in [5, 5.41) is 2.80. The Bertz CT molecular complexity index is 568. The number of rotatable bonds is 4. The summed E-state index contributed by atoms with van der Waals surface area (Å²) in [5.41, 5.74) is 2.22. The molecule has 0 aromatic rings. The van der Waals surface area contributed by atoms with Crippen molar-refractivity contribution < 1.29 is 14.3 Å². The molecule has 1 aliphatic carbocycles. The van der Waals surface area contributed by atoms with E-state index in [9.17, 15) is 9.59 Å². The molecule has 1 N–H and O–H groups in total. The Hall–Kier alpha value is -2.01. The largest absolute Gasteiger partial charge is 0.380 e. The topological polar surface area (TPSA) is 67.8 Å². The highest BCUT2D eigenvalue weighted by molar-refractivity contribution is 6.11. The van der Waals surface area contributed by atoms with Crippen molar-refractivity contribution in [3.63, 3.8) is 0 Å². The Kier molecular flexibility index (Phi) is 4.85. The average molecular weight is 288 g/mol. The zero-order chi connectivity index (χ0) is 15.4. The van der Waals surface area contributed by atoms with E-state index in [0.29, 0.717) is 18.7 Å². The minimum Gasteiger partial charge on any atom is -0.380 e. The van der Waals surface area contributed by atoms with E-state index in [-0.39, 0.29) is 23.7 Å². The van der Waals surface area contributed by atoms with Gasteiger partial charge in [0.2, 0.25) is 11.8 Å². The van der Waals surface area contributed by atoms with Gasteiger partial charge in [-0.3, -0.25) is 9.59 Å². The zero-order valence-electron chi connectivity index (χ0n) is 12.6. The maximum atomic E-state index is 11.7. The van der Waals surface area contributed by atoms with Gasteiger partial charge in [-0.25, -0.2) is 4.99 Å². The molecule has 0 saturated carbocycles. The Labute approximate surface area is 124 Å². The second-order valence-corrected chi connectivity index (χ2v) is 5.61. The molecule has 1 heterocycles. The van der Waals surface area contributed by atoms with Crippen LogP contribution in [0.15, 0.2) is 40.6 Å². The third-order valence-corrected chi connectivity index (χ3v) is 3.23. The van der Waals surface area contributed by atoms with Crippen LogP contribution in [0.1, 0.15) is 20.3 Å². The van der Waals surface area contributed by atoms with Crippen molar-refractivity contribution in [3.8, 4) is 0 Å². The summed E-state index contributed by atoms with van der Waals surface area (Å²) in [6, 6.07) is 0. The molecular formula is C16H20N2O3. The van der Waals surface area contributed by atoms with E-state index >= 15 is 0 Å². The van der Waals surface area contributed by atoms with Crippen molar-refractivity contribution in [2.75, 3.05) is 13.7 Å². The standard InChI is InChI=1S/C16H20N2O3/c1-10(2)6-15(19)17-12-4-5-13-11(9-21-3)7-16(20)18-14(13)8-12/h4-5,7-8,10,13H,6,9H2,1-3H3,(H,18,20). The van der Waals surface area contributed by atoms with Crippen molar-refractivity contribution in [1.29, 1.82) is 0 Å². The fraction of sp³-hybridized carbons (Fsp3) is 0.438. The summed E-state index contributed by atoms with van der Waals surface area (Å²) in [6.07, 6.45) is 7.48. The van der Waals surface area contributed by atoms with E-state index in [4.69, 9.17) is 4.74 Å². The molecule has 1 unspecified atom stereocenters. The minimum absolute atomic E-state index is 0.0122. The quantitative estimate of drug-likeness (QED) is 0.857. The fourth-order valence-corrected chi connectivity index (χ4v) is 2.38. The van der Waals surface area contributed by atoms with Gasteiger partial charge in [0.15, 0.2) is 0 Å². The number of amides is 2. The highest BCUT2D eigenvalue weighted by Crippen LogP contribution is 2.27. The van der Waals surface area contributed by atoms with Gasteiger partial charge in [0, 0.05) is 31.2 Å². The molecule has 0 radical (unpaired) electrons. The van der Waals surface area contributed by atoms with Gasteiger partial charge in [0.25, 0.3) is 0 Å². The number of methoxy groups -OCH3 is 1. The average Bonchev–Trinajstić information content (AvgIpc) is 2.37. The molecular weight excluding hydrogens is 268 g/mol. The molecule has 5 heteroatoms. The van der Waals surface area contributed by atoms with Gasteiger partial charge >= 0.3 is 0 Å². The van der Waals surface area contributed by atoms with Crippen molar-refractivity contribution in [2.45, 2.75) is 20.3 Å². The Morgan fingerprint density at radius 2 is 2.19 bits per heavy atom. The maximum Gasteiger partial charge on any atom is 0.248 e. The van der Waals surface area contributed by atoms with E-state index in [2.05, 4.69) is 10.3 Å². The Morgan fingerprint density at radius 3 is 2.86 bits per heavy atom. The molecule has 5 nitrogen and oxygen atoms in total. The number of allylic oxidation sites excluding steroid dienone is 3. The summed E-state index contributed by atoms with van der Waals surface area (Å²) in [5.74, 6) is -0.0512. The molecule has 0 bridgehead atoms. The van der Waals surface area contributed by atoms with Crippen molar-refractivity contribution in [3.05, 3.63) is 35.6 Å². The highest BCUT2D eigenvalue weighted by Gasteiger charge is 2.26. The number of nitrogens with one attached hydrogen (secondary N) is 1. The molecule has 1 atom stereocenters. The molecule has 0 aromatic carbocycles. The maximum absolute atomic E-state index is 11.7. The Morgan fingerprint density at radius 1 is 1.43 bits per heavy atom. The lowest BCUT2D eigenvalue weighted by Crippen LogP contribution is -2.34. The van der Waals surface area contributed by atoms with Crippen molar-refractivity contribution in [1.82, 2.24) is 5.32 Å². The van der Waals surface area contributed by atoms with E-state index in [1.807, 2.05) is 26.0 Å².